The molecule has 0 spiro atoms. The summed E-state index contributed by atoms with van der Waals surface area (Å²) in [7, 11) is 3.17. The molecule has 2 aliphatic heterocycles. The van der Waals surface area contributed by atoms with Gasteiger partial charge in [0.25, 0.3) is 5.91 Å². The Morgan fingerprint density at radius 2 is 1.88 bits per heavy atom. The molecule has 3 heterocycles. The van der Waals surface area contributed by atoms with Crippen LogP contribution in [0.15, 0.2) is 53.5 Å². The molecule has 0 radical (unpaired) electrons. The van der Waals surface area contributed by atoms with Crippen LogP contribution >= 0.6 is 0 Å². The number of nitrogens with one attached hydrogen (secondary N) is 2. The van der Waals surface area contributed by atoms with Crippen molar-refractivity contribution in [1.29, 1.82) is 0 Å². The van der Waals surface area contributed by atoms with Gasteiger partial charge in [-0.15, -0.1) is 0 Å². The van der Waals surface area contributed by atoms with E-state index in [1.807, 2.05) is 23.1 Å². The van der Waals surface area contributed by atoms with Crippen LogP contribution in [0.4, 0.5) is 27.5 Å². The van der Waals surface area contributed by atoms with E-state index in [0.29, 0.717) is 84.3 Å². The molecule has 1 amide bonds. The summed E-state index contributed by atoms with van der Waals surface area (Å²) in [5, 5.41) is 6.11. The second kappa shape index (κ2) is 12.9. The number of carbonyl (C=O) groups excluding carboxylic acids is 1. The lowest BCUT2D eigenvalue weighted by atomic mass is 9.96. The molecule has 0 atom stereocenters. The van der Waals surface area contributed by atoms with E-state index < -0.39 is 5.91 Å². The molecule has 12 heteroatoms. The van der Waals surface area contributed by atoms with Crippen molar-refractivity contribution in [1.82, 2.24) is 9.97 Å². The Hall–Kier alpha value is -4.71. The van der Waals surface area contributed by atoms with E-state index in [1.165, 1.54) is 6.07 Å². The molecule has 1 fully saturated rings. The largest absolute Gasteiger partial charge is 0.493 e. The smallest absolute Gasteiger partial charge is 0.270 e. The number of anilines is 4. The van der Waals surface area contributed by atoms with Crippen LogP contribution in [0.5, 0.6) is 11.5 Å². The van der Waals surface area contributed by atoms with E-state index in [4.69, 9.17) is 20.9 Å². The Morgan fingerprint density at radius 1 is 1.10 bits per heavy atom. The number of nitrogens with two attached hydrogens (primary N) is 2. The minimum atomic E-state index is -0.404. The standard InChI is InChI=1S/C30H35FN8O3/c1-41-25-9-6-19(14-26(25)42-2)17-34-27-15-24(37-30(33)38-27)21-7-8-23(35-21)29(40)36-22-5-3-4-20(31)28(22)39-12-10-18(16-32)11-13-39/h3-7,9,14-15,18H,8,10-13,16-17,32H2,1-2H3,(H,36,40)(H3,33,34,37,38). The Morgan fingerprint density at radius 3 is 2.62 bits per heavy atom. The van der Waals surface area contributed by atoms with Crippen molar-refractivity contribution < 1.29 is 18.7 Å². The highest BCUT2D eigenvalue weighted by Crippen LogP contribution is 2.33. The van der Waals surface area contributed by atoms with Gasteiger partial charge in [0.2, 0.25) is 5.95 Å². The summed E-state index contributed by atoms with van der Waals surface area (Å²) in [5.74, 6) is 1.48. The van der Waals surface area contributed by atoms with Crippen LogP contribution in [-0.2, 0) is 11.3 Å². The number of carbonyl (C=O) groups is 1. The third-order valence-electron chi connectivity index (χ3n) is 7.43. The van der Waals surface area contributed by atoms with Crippen LogP contribution in [0.3, 0.4) is 0 Å². The zero-order valence-corrected chi connectivity index (χ0v) is 23.7. The van der Waals surface area contributed by atoms with Crippen LogP contribution < -0.4 is 36.5 Å². The highest BCUT2D eigenvalue weighted by molar-refractivity contribution is 6.45. The number of ether oxygens (including phenoxy) is 2. The van der Waals surface area contributed by atoms with E-state index in [9.17, 15) is 9.18 Å². The lowest BCUT2D eigenvalue weighted by Gasteiger charge is -2.34. The van der Waals surface area contributed by atoms with Crippen molar-refractivity contribution >= 4 is 40.5 Å². The molecule has 5 rings (SSSR count). The first-order chi connectivity index (χ1) is 20.4. The molecule has 2 aliphatic rings. The number of aliphatic imine (C=N–C) groups is 1. The average Bonchev–Trinajstić information content (AvgIpc) is 3.51. The summed E-state index contributed by atoms with van der Waals surface area (Å²) in [5.41, 5.74) is 14.8. The molecule has 0 aliphatic carbocycles. The molecule has 0 bridgehead atoms. The van der Waals surface area contributed by atoms with Crippen LogP contribution in [0.25, 0.3) is 5.70 Å². The molecule has 3 aromatic rings. The van der Waals surface area contributed by atoms with E-state index in [1.54, 1.807) is 38.5 Å². The van der Waals surface area contributed by atoms with Gasteiger partial charge in [0.15, 0.2) is 11.5 Å². The molecular formula is C30H35FN8O3. The number of allylic oxidation sites excluding steroid dienone is 1. The zero-order chi connectivity index (χ0) is 29.6. The first-order valence-electron chi connectivity index (χ1n) is 13.8. The van der Waals surface area contributed by atoms with Gasteiger partial charge in [-0.1, -0.05) is 18.2 Å². The van der Waals surface area contributed by atoms with E-state index in [0.717, 1.165) is 18.4 Å². The fourth-order valence-corrected chi connectivity index (χ4v) is 5.13. The van der Waals surface area contributed by atoms with Crippen LogP contribution in [-0.4, -0.2) is 55.4 Å². The lowest BCUT2D eigenvalue weighted by Crippen LogP contribution is -2.37. The number of rotatable bonds is 10. The Kier molecular flexibility index (Phi) is 8.82. The van der Waals surface area contributed by atoms with Gasteiger partial charge >= 0.3 is 0 Å². The number of nitrogens with zero attached hydrogens (tertiary/aromatic N) is 4. The lowest BCUT2D eigenvalue weighted by molar-refractivity contribution is -0.110. The summed E-state index contributed by atoms with van der Waals surface area (Å²) in [4.78, 5) is 28.3. The number of piperidine rings is 1. The highest BCUT2D eigenvalue weighted by atomic mass is 19.1. The van der Waals surface area contributed by atoms with Crippen LogP contribution in [0.2, 0.25) is 0 Å². The van der Waals surface area contributed by atoms with Crippen molar-refractivity contribution in [3.63, 3.8) is 0 Å². The maximum atomic E-state index is 14.9. The second-order valence-corrected chi connectivity index (χ2v) is 10.1. The van der Waals surface area contributed by atoms with Gasteiger partial charge in [-0.25, -0.2) is 14.4 Å². The number of aromatic nitrogens is 2. The fourth-order valence-electron chi connectivity index (χ4n) is 5.13. The molecule has 42 heavy (non-hydrogen) atoms. The van der Waals surface area contributed by atoms with Crippen LogP contribution in [0, 0.1) is 11.7 Å². The maximum Gasteiger partial charge on any atom is 0.270 e. The van der Waals surface area contributed by atoms with Gasteiger partial charge in [-0.05, 0) is 55.1 Å². The van der Waals surface area contributed by atoms with Crippen molar-refractivity contribution in [2.24, 2.45) is 16.6 Å². The first kappa shape index (κ1) is 28.8. The molecule has 0 unspecified atom stereocenters. The van der Waals surface area contributed by atoms with Gasteiger partial charge in [0, 0.05) is 32.1 Å². The predicted octanol–water partition coefficient (Wildman–Crippen LogP) is 3.83. The maximum absolute atomic E-state index is 14.9. The molecule has 6 N–H and O–H groups in total. The van der Waals surface area contributed by atoms with Gasteiger partial charge in [0.1, 0.15) is 17.3 Å². The summed E-state index contributed by atoms with van der Waals surface area (Å²) in [6.45, 7) is 2.43. The predicted molar refractivity (Wildman–Crippen MR) is 162 cm³/mol. The Labute approximate surface area is 243 Å². The second-order valence-electron chi connectivity index (χ2n) is 10.1. The average molecular weight is 575 g/mol. The molecule has 2 aromatic carbocycles. The summed E-state index contributed by atoms with van der Waals surface area (Å²) in [6, 6.07) is 12.0. The monoisotopic (exact) mass is 574 g/mol. The van der Waals surface area contributed by atoms with Gasteiger partial charge in [0.05, 0.1) is 37.0 Å². The van der Waals surface area contributed by atoms with Gasteiger partial charge < -0.3 is 36.5 Å². The van der Waals surface area contributed by atoms with E-state index >= 15 is 0 Å². The molecular weight excluding hydrogens is 539 g/mol. The van der Waals surface area contributed by atoms with Gasteiger partial charge in [-0.3, -0.25) is 4.79 Å². The Bertz CT molecular complexity index is 1520. The zero-order valence-electron chi connectivity index (χ0n) is 23.7. The summed E-state index contributed by atoms with van der Waals surface area (Å²) in [6.07, 6.45) is 3.86. The topological polar surface area (TPSA) is 153 Å². The van der Waals surface area contributed by atoms with E-state index in [-0.39, 0.29) is 11.8 Å². The SMILES string of the molecule is COc1ccc(CNc2cc(C3=CCC(C(=O)Nc4cccc(F)c4N4CCC(CN)CC4)=N3)nc(N)n2)cc1OC. The third kappa shape index (κ3) is 6.44. The number of amides is 1. The number of para-hydroxylation sites is 1. The number of methoxy groups -OCH3 is 2. The van der Waals surface area contributed by atoms with Crippen molar-refractivity contribution in [3.05, 3.63) is 65.6 Å². The van der Waals surface area contributed by atoms with Crippen molar-refractivity contribution in [3.8, 4) is 11.5 Å². The summed E-state index contributed by atoms with van der Waals surface area (Å²) < 4.78 is 25.6. The number of hydrogen-bond acceptors (Lipinski definition) is 10. The minimum absolute atomic E-state index is 0.0686. The minimum Gasteiger partial charge on any atom is -0.493 e. The molecule has 1 saturated heterocycles. The third-order valence-corrected chi connectivity index (χ3v) is 7.43. The van der Waals surface area contributed by atoms with Gasteiger partial charge in [-0.2, -0.15) is 4.98 Å². The Balaban J connectivity index is 1.27. The van der Waals surface area contributed by atoms with Crippen LogP contribution in [0.1, 0.15) is 30.5 Å². The van der Waals surface area contributed by atoms with Crippen molar-refractivity contribution in [2.45, 2.75) is 25.8 Å². The number of nitrogen functional groups attached to an aromatic ring is 1. The molecule has 1 aromatic heterocycles. The normalized spacial score (nSPS) is 15.2. The molecule has 11 nitrogen and oxygen atoms in total. The number of hydrogen-bond donors (Lipinski definition) is 4. The van der Waals surface area contributed by atoms with Crippen molar-refractivity contribution in [2.75, 3.05) is 55.1 Å². The molecule has 220 valence electrons. The quantitative estimate of drug-likeness (QED) is 0.283. The number of benzene rings is 2. The first-order valence-corrected chi connectivity index (χ1v) is 13.8. The molecule has 0 saturated carbocycles. The highest BCUT2D eigenvalue weighted by Gasteiger charge is 2.25. The number of halogens is 1. The fraction of sp³-hybridized carbons (Fsp3) is 0.333. The van der Waals surface area contributed by atoms with E-state index in [2.05, 4.69) is 25.6 Å². The summed E-state index contributed by atoms with van der Waals surface area (Å²) >= 11 is 0.